The van der Waals surface area contributed by atoms with Crippen molar-refractivity contribution in [2.75, 3.05) is 17.7 Å². The van der Waals surface area contributed by atoms with Crippen LogP contribution in [0.4, 0.5) is 11.4 Å². The van der Waals surface area contributed by atoms with Gasteiger partial charge in [-0.2, -0.15) is 5.26 Å². The molecule has 0 saturated carbocycles. The van der Waals surface area contributed by atoms with Gasteiger partial charge in [0, 0.05) is 18.2 Å². The summed E-state index contributed by atoms with van der Waals surface area (Å²) in [5.41, 5.74) is 1.90. The first-order valence-electron chi connectivity index (χ1n) is 6.80. The predicted octanol–water partition coefficient (Wildman–Crippen LogP) is 2.78. The van der Waals surface area contributed by atoms with Crippen LogP contribution in [0.2, 0.25) is 0 Å². The van der Waals surface area contributed by atoms with Crippen LogP contribution in [0.1, 0.15) is 22.8 Å². The number of nitriles is 1. The molecular formula is C17H15N3O3. The molecule has 0 aliphatic rings. The summed E-state index contributed by atoms with van der Waals surface area (Å²) in [6, 6.07) is 13.2. The van der Waals surface area contributed by atoms with Gasteiger partial charge in [0.1, 0.15) is 5.75 Å². The summed E-state index contributed by atoms with van der Waals surface area (Å²) < 4.78 is 5.16. The lowest BCUT2D eigenvalue weighted by atomic mass is 10.1. The molecule has 0 aliphatic carbocycles. The van der Waals surface area contributed by atoms with Crippen LogP contribution in [-0.4, -0.2) is 18.9 Å². The lowest BCUT2D eigenvalue weighted by Crippen LogP contribution is -2.13. The van der Waals surface area contributed by atoms with Gasteiger partial charge in [0.05, 0.1) is 24.4 Å². The standard InChI is InChI=1S/C17H15N3O3/c1-11(21)19-15-9-14(7-8-16(15)23-2)20-17(22)13-5-3-12(10-18)4-6-13/h3-9H,1-2H3,(H,19,21)(H,20,22). The molecule has 0 bridgehead atoms. The van der Waals surface area contributed by atoms with E-state index in [1.54, 1.807) is 42.5 Å². The fourth-order valence-electron chi connectivity index (χ4n) is 1.97. The zero-order valence-electron chi connectivity index (χ0n) is 12.7. The first-order valence-corrected chi connectivity index (χ1v) is 6.80. The molecule has 2 aromatic rings. The van der Waals surface area contributed by atoms with E-state index in [1.165, 1.54) is 14.0 Å². The van der Waals surface area contributed by atoms with Crippen LogP contribution >= 0.6 is 0 Å². The highest BCUT2D eigenvalue weighted by Gasteiger charge is 2.10. The van der Waals surface area contributed by atoms with Gasteiger partial charge in [-0.15, -0.1) is 0 Å². The number of nitrogens with zero attached hydrogens (tertiary/aromatic N) is 1. The quantitative estimate of drug-likeness (QED) is 0.908. The Morgan fingerprint density at radius 1 is 1.09 bits per heavy atom. The normalized spacial score (nSPS) is 9.61. The summed E-state index contributed by atoms with van der Waals surface area (Å²) in [4.78, 5) is 23.4. The largest absolute Gasteiger partial charge is 0.495 e. The number of methoxy groups -OCH3 is 1. The summed E-state index contributed by atoms with van der Waals surface area (Å²) in [5, 5.41) is 14.1. The van der Waals surface area contributed by atoms with Crippen molar-refractivity contribution in [2.24, 2.45) is 0 Å². The van der Waals surface area contributed by atoms with Gasteiger partial charge in [-0.05, 0) is 42.5 Å². The highest BCUT2D eigenvalue weighted by Crippen LogP contribution is 2.28. The fraction of sp³-hybridized carbons (Fsp3) is 0.118. The number of hydrogen-bond acceptors (Lipinski definition) is 4. The third-order valence-corrected chi connectivity index (χ3v) is 3.04. The third-order valence-electron chi connectivity index (χ3n) is 3.04. The molecule has 0 unspecified atom stereocenters. The number of benzene rings is 2. The summed E-state index contributed by atoms with van der Waals surface area (Å²) in [6.07, 6.45) is 0. The molecule has 0 saturated heterocycles. The Morgan fingerprint density at radius 2 is 1.78 bits per heavy atom. The van der Waals surface area contributed by atoms with E-state index in [-0.39, 0.29) is 11.8 Å². The molecule has 2 rings (SSSR count). The van der Waals surface area contributed by atoms with E-state index in [4.69, 9.17) is 10.00 Å². The summed E-state index contributed by atoms with van der Waals surface area (Å²) in [5.74, 6) is -0.0520. The van der Waals surface area contributed by atoms with Gasteiger partial charge in [-0.25, -0.2) is 0 Å². The van der Waals surface area contributed by atoms with E-state index < -0.39 is 0 Å². The second-order valence-electron chi connectivity index (χ2n) is 4.74. The SMILES string of the molecule is COc1ccc(NC(=O)c2ccc(C#N)cc2)cc1NC(C)=O. The minimum absolute atomic E-state index is 0.237. The molecule has 0 fully saturated rings. The smallest absolute Gasteiger partial charge is 0.255 e. The maximum Gasteiger partial charge on any atom is 0.255 e. The molecule has 2 N–H and O–H groups in total. The number of rotatable bonds is 4. The van der Waals surface area contributed by atoms with Crippen molar-refractivity contribution in [1.29, 1.82) is 5.26 Å². The molecule has 2 amide bonds. The second kappa shape index (κ2) is 7.09. The van der Waals surface area contributed by atoms with Crippen molar-refractivity contribution in [3.8, 4) is 11.8 Å². The molecule has 2 aromatic carbocycles. The van der Waals surface area contributed by atoms with Crippen molar-refractivity contribution in [3.63, 3.8) is 0 Å². The monoisotopic (exact) mass is 309 g/mol. The van der Waals surface area contributed by atoms with Crippen molar-refractivity contribution < 1.29 is 14.3 Å². The van der Waals surface area contributed by atoms with Crippen LogP contribution in [0.15, 0.2) is 42.5 Å². The Labute approximate surface area is 133 Å². The van der Waals surface area contributed by atoms with Crippen LogP contribution in [0.25, 0.3) is 0 Å². The second-order valence-corrected chi connectivity index (χ2v) is 4.74. The van der Waals surface area contributed by atoms with Crippen molar-refractivity contribution in [1.82, 2.24) is 0 Å². The number of hydrogen-bond donors (Lipinski definition) is 2. The number of anilines is 2. The Hall–Kier alpha value is -3.33. The number of amides is 2. The Morgan fingerprint density at radius 3 is 2.35 bits per heavy atom. The zero-order chi connectivity index (χ0) is 16.8. The molecule has 0 atom stereocenters. The maximum atomic E-state index is 12.2. The zero-order valence-corrected chi connectivity index (χ0v) is 12.7. The molecule has 6 nitrogen and oxygen atoms in total. The van der Waals surface area contributed by atoms with E-state index in [1.807, 2.05) is 6.07 Å². The van der Waals surface area contributed by atoms with Crippen LogP contribution in [0.3, 0.4) is 0 Å². The number of carbonyl (C=O) groups excluding carboxylic acids is 2. The number of nitrogens with one attached hydrogen (secondary N) is 2. The molecule has 0 heterocycles. The molecule has 6 heteroatoms. The third kappa shape index (κ3) is 4.08. The molecule has 0 radical (unpaired) electrons. The molecular weight excluding hydrogens is 294 g/mol. The van der Waals surface area contributed by atoms with Gasteiger partial charge in [-0.3, -0.25) is 9.59 Å². The summed E-state index contributed by atoms with van der Waals surface area (Å²) in [7, 11) is 1.50. The highest BCUT2D eigenvalue weighted by molar-refractivity contribution is 6.05. The molecule has 0 aromatic heterocycles. The average molecular weight is 309 g/mol. The first kappa shape index (κ1) is 16.0. The molecule has 0 aliphatic heterocycles. The van der Waals surface area contributed by atoms with Gasteiger partial charge >= 0.3 is 0 Å². The van der Waals surface area contributed by atoms with E-state index in [9.17, 15) is 9.59 Å². The summed E-state index contributed by atoms with van der Waals surface area (Å²) >= 11 is 0. The van der Waals surface area contributed by atoms with Gasteiger partial charge in [0.2, 0.25) is 5.91 Å². The Bertz CT molecular complexity index is 777. The topological polar surface area (TPSA) is 91.2 Å². The van der Waals surface area contributed by atoms with E-state index in [2.05, 4.69) is 10.6 Å². The van der Waals surface area contributed by atoms with Crippen LogP contribution in [-0.2, 0) is 4.79 Å². The molecule has 0 spiro atoms. The van der Waals surface area contributed by atoms with Gasteiger partial charge in [0.15, 0.2) is 0 Å². The van der Waals surface area contributed by atoms with E-state index >= 15 is 0 Å². The Balaban J connectivity index is 2.20. The molecule has 116 valence electrons. The number of ether oxygens (including phenoxy) is 1. The minimum atomic E-state index is -0.312. The average Bonchev–Trinajstić information content (AvgIpc) is 2.54. The van der Waals surface area contributed by atoms with Crippen molar-refractivity contribution in [3.05, 3.63) is 53.6 Å². The van der Waals surface area contributed by atoms with Crippen LogP contribution in [0, 0.1) is 11.3 Å². The van der Waals surface area contributed by atoms with E-state index in [0.717, 1.165) is 0 Å². The Kier molecular flexibility index (Phi) is 4.95. The lowest BCUT2D eigenvalue weighted by molar-refractivity contribution is -0.114. The van der Waals surface area contributed by atoms with Crippen LogP contribution in [0.5, 0.6) is 5.75 Å². The summed E-state index contributed by atoms with van der Waals surface area (Å²) in [6.45, 7) is 1.39. The first-order chi connectivity index (χ1) is 11.0. The maximum absolute atomic E-state index is 12.2. The fourth-order valence-corrected chi connectivity index (χ4v) is 1.97. The van der Waals surface area contributed by atoms with Gasteiger partial charge < -0.3 is 15.4 Å². The predicted molar refractivity (Wildman–Crippen MR) is 86.4 cm³/mol. The van der Waals surface area contributed by atoms with Crippen LogP contribution < -0.4 is 15.4 Å². The van der Waals surface area contributed by atoms with Crippen molar-refractivity contribution >= 4 is 23.2 Å². The molecule has 23 heavy (non-hydrogen) atoms. The minimum Gasteiger partial charge on any atom is -0.495 e. The van der Waals surface area contributed by atoms with Gasteiger partial charge in [-0.1, -0.05) is 0 Å². The highest BCUT2D eigenvalue weighted by atomic mass is 16.5. The van der Waals surface area contributed by atoms with Gasteiger partial charge in [0.25, 0.3) is 5.91 Å². The van der Waals surface area contributed by atoms with Crippen molar-refractivity contribution in [2.45, 2.75) is 6.92 Å². The van der Waals surface area contributed by atoms with E-state index in [0.29, 0.717) is 28.3 Å². The number of carbonyl (C=O) groups is 2. The lowest BCUT2D eigenvalue weighted by Gasteiger charge is -2.12.